The van der Waals surface area contributed by atoms with Crippen molar-refractivity contribution in [3.63, 3.8) is 0 Å². The van der Waals surface area contributed by atoms with E-state index in [4.69, 9.17) is 21.1 Å². The molecule has 2 atom stereocenters. The van der Waals surface area contributed by atoms with E-state index in [9.17, 15) is 18.8 Å². The number of aromatic amines is 2. The van der Waals surface area contributed by atoms with Gasteiger partial charge < -0.3 is 40.8 Å². The topological polar surface area (TPSA) is 189 Å². The average Bonchev–Trinajstić information content (AvgIpc) is 3.32. The number of likely N-dealkylation sites (N-methyl/N-ethyl adjacent to an activating group) is 1. The summed E-state index contributed by atoms with van der Waals surface area (Å²) in [4.78, 5) is 47.1. The number of imidazole rings is 1. The Balaban J connectivity index is 0.000000326. The second-order valence-electron chi connectivity index (χ2n) is 9.78. The second kappa shape index (κ2) is 13.4. The lowest BCUT2D eigenvalue weighted by molar-refractivity contribution is -0.145. The molecule has 1 aliphatic rings. The highest BCUT2D eigenvalue weighted by molar-refractivity contribution is 5.98. The number of nitrogens with one attached hydrogen (secondary N) is 2. The third-order valence-corrected chi connectivity index (χ3v) is 6.54. The maximum atomic E-state index is 14.3. The largest absolute Gasteiger partial charge is 0.479 e. The van der Waals surface area contributed by atoms with Crippen LogP contribution in [-0.2, 0) is 9.59 Å². The Morgan fingerprint density at radius 2 is 1.63 bits per heavy atom. The SMILES string of the molecule is CC(=O)C(C)O.CC(O)C(=O)O.CN1CCN(c2ccc3nc(-c4c(N)c5c(F)cccc5[nH]c4=O)[nH]c3c2)CC1. The number of aromatic nitrogens is 3. The van der Waals surface area contributed by atoms with Crippen molar-refractivity contribution in [1.82, 2.24) is 19.9 Å². The fourth-order valence-electron chi connectivity index (χ4n) is 3.95. The number of carboxylic acids is 1. The molecule has 1 fully saturated rings. The van der Waals surface area contributed by atoms with E-state index in [1.54, 1.807) is 6.07 Å². The molecule has 3 heterocycles. The summed E-state index contributed by atoms with van der Waals surface area (Å²) in [6.45, 7) is 7.94. The zero-order valence-corrected chi connectivity index (χ0v) is 23.3. The monoisotopic (exact) mass is 570 g/mol. The number of hydrogen-bond acceptors (Lipinski definition) is 9. The van der Waals surface area contributed by atoms with Crippen LogP contribution in [0.2, 0.25) is 0 Å². The molecule has 220 valence electrons. The van der Waals surface area contributed by atoms with Crippen LogP contribution in [0.4, 0.5) is 15.8 Å². The van der Waals surface area contributed by atoms with Gasteiger partial charge in [0.1, 0.15) is 29.4 Å². The number of nitrogen functional groups attached to an aromatic ring is 1. The van der Waals surface area contributed by atoms with Gasteiger partial charge in [-0.05, 0) is 58.2 Å². The number of H-pyrrole nitrogens is 2. The summed E-state index contributed by atoms with van der Waals surface area (Å²) in [6.07, 6.45) is -2.02. The Bertz CT molecular complexity index is 1570. The molecule has 0 radical (unpaired) electrons. The molecule has 0 saturated carbocycles. The fraction of sp³-hybridized carbons (Fsp3) is 0.357. The summed E-state index contributed by atoms with van der Waals surface area (Å²) < 4.78 is 14.3. The van der Waals surface area contributed by atoms with E-state index < -0.39 is 29.6 Å². The van der Waals surface area contributed by atoms with Crippen LogP contribution in [-0.4, -0.2) is 92.4 Å². The minimum atomic E-state index is -1.23. The van der Waals surface area contributed by atoms with Gasteiger partial charge in [-0.2, -0.15) is 0 Å². The number of carboxylic acid groups (broad SMARTS) is 1. The first-order chi connectivity index (χ1) is 19.3. The predicted molar refractivity (Wildman–Crippen MR) is 155 cm³/mol. The molecule has 0 bridgehead atoms. The van der Waals surface area contributed by atoms with E-state index >= 15 is 0 Å². The van der Waals surface area contributed by atoms with E-state index in [-0.39, 0.29) is 22.4 Å². The third kappa shape index (κ3) is 7.66. The number of pyridine rings is 1. The number of nitrogens with two attached hydrogens (primary N) is 1. The number of rotatable bonds is 4. The molecule has 0 spiro atoms. The molecule has 41 heavy (non-hydrogen) atoms. The maximum Gasteiger partial charge on any atom is 0.332 e. The minimum absolute atomic E-state index is 0.0835. The van der Waals surface area contributed by atoms with Crippen molar-refractivity contribution in [3.05, 3.63) is 52.6 Å². The summed E-state index contributed by atoms with van der Waals surface area (Å²) in [5, 5.41) is 24.2. The number of Topliss-reactive ketones (excluding diaryl/α,β-unsaturated/α-hetero) is 1. The highest BCUT2D eigenvalue weighted by Gasteiger charge is 2.19. The number of halogens is 1. The van der Waals surface area contributed by atoms with Crippen molar-refractivity contribution < 1.29 is 29.3 Å². The number of carbonyl (C=O) groups is 2. The average molecular weight is 571 g/mol. The third-order valence-electron chi connectivity index (χ3n) is 6.54. The highest BCUT2D eigenvalue weighted by atomic mass is 19.1. The Hall–Kier alpha value is -4.33. The van der Waals surface area contributed by atoms with Crippen LogP contribution in [0, 0.1) is 5.82 Å². The number of benzene rings is 2. The summed E-state index contributed by atoms with van der Waals surface area (Å²) in [6, 6.07) is 10.5. The van der Waals surface area contributed by atoms with Gasteiger partial charge in [0, 0.05) is 31.9 Å². The first-order valence-corrected chi connectivity index (χ1v) is 12.9. The van der Waals surface area contributed by atoms with Gasteiger partial charge in [0.05, 0.1) is 27.6 Å². The normalized spacial score (nSPS) is 15.0. The molecule has 13 heteroatoms. The number of hydrogen-bond donors (Lipinski definition) is 6. The number of aliphatic carboxylic acids is 1. The molecule has 4 aromatic rings. The number of anilines is 2. The number of piperazine rings is 1. The van der Waals surface area contributed by atoms with Gasteiger partial charge in [-0.25, -0.2) is 14.2 Å². The molecular formula is C28H35FN6O6. The van der Waals surface area contributed by atoms with Crippen molar-refractivity contribution >= 4 is 45.1 Å². The number of nitrogens with zero attached hydrogens (tertiary/aromatic N) is 3. The zero-order valence-electron chi connectivity index (χ0n) is 23.3. The van der Waals surface area contributed by atoms with E-state index in [0.29, 0.717) is 11.3 Å². The molecule has 12 nitrogen and oxygen atoms in total. The van der Waals surface area contributed by atoms with Gasteiger partial charge in [-0.15, -0.1) is 0 Å². The van der Waals surface area contributed by atoms with E-state index in [1.165, 1.54) is 32.9 Å². The first-order valence-electron chi connectivity index (χ1n) is 12.9. The van der Waals surface area contributed by atoms with Crippen molar-refractivity contribution in [1.29, 1.82) is 0 Å². The number of ketones is 1. The van der Waals surface area contributed by atoms with Gasteiger partial charge >= 0.3 is 5.97 Å². The van der Waals surface area contributed by atoms with E-state index in [0.717, 1.165) is 42.9 Å². The maximum absolute atomic E-state index is 14.3. The molecule has 2 unspecified atom stereocenters. The highest BCUT2D eigenvalue weighted by Crippen LogP contribution is 2.30. The van der Waals surface area contributed by atoms with E-state index in [1.807, 2.05) is 18.2 Å². The van der Waals surface area contributed by atoms with Crippen LogP contribution in [0.15, 0.2) is 41.2 Å². The lowest BCUT2D eigenvalue weighted by atomic mass is 10.1. The number of fused-ring (bicyclic) bond motifs is 2. The van der Waals surface area contributed by atoms with Gasteiger partial charge in [-0.3, -0.25) is 9.59 Å². The van der Waals surface area contributed by atoms with Crippen molar-refractivity contribution in [3.8, 4) is 11.4 Å². The Labute approximate surface area is 235 Å². The van der Waals surface area contributed by atoms with Crippen LogP contribution < -0.4 is 16.2 Å². The summed E-state index contributed by atoms with van der Waals surface area (Å²) in [7, 11) is 2.12. The molecule has 7 N–H and O–H groups in total. The Morgan fingerprint density at radius 3 is 2.20 bits per heavy atom. The Morgan fingerprint density at radius 1 is 1.02 bits per heavy atom. The van der Waals surface area contributed by atoms with Crippen molar-refractivity contribution in [2.24, 2.45) is 0 Å². The van der Waals surface area contributed by atoms with Gasteiger partial charge in [0.15, 0.2) is 5.78 Å². The molecule has 2 aromatic carbocycles. The summed E-state index contributed by atoms with van der Waals surface area (Å²) >= 11 is 0. The van der Waals surface area contributed by atoms with Crippen LogP contribution in [0.25, 0.3) is 33.3 Å². The van der Waals surface area contributed by atoms with Gasteiger partial charge in [0.25, 0.3) is 5.56 Å². The van der Waals surface area contributed by atoms with Crippen LogP contribution >= 0.6 is 0 Å². The predicted octanol–water partition coefficient (Wildman–Crippen LogP) is 1.95. The number of aliphatic hydroxyl groups is 2. The van der Waals surface area contributed by atoms with Gasteiger partial charge in [0.2, 0.25) is 0 Å². The second-order valence-corrected chi connectivity index (χ2v) is 9.78. The van der Waals surface area contributed by atoms with Gasteiger partial charge in [-0.1, -0.05) is 6.07 Å². The molecule has 5 rings (SSSR count). The minimum Gasteiger partial charge on any atom is -0.479 e. The van der Waals surface area contributed by atoms with Crippen molar-refractivity contribution in [2.45, 2.75) is 33.0 Å². The van der Waals surface area contributed by atoms with Crippen LogP contribution in [0.3, 0.4) is 0 Å². The molecular weight excluding hydrogens is 535 g/mol. The summed E-state index contributed by atoms with van der Waals surface area (Å²) in [5.41, 5.74) is 9.04. The molecule has 1 saturated heterocycles. The zero-order chi connectivity index (χ0) is 30.4. The lowest BCUT2D eigenvalue weighted by Crippen LogP contribution is -2.44. The molecule has 1 aliphatic heterocycles. The Kier molecular flexibility index (Phi) is 10.2. The standard InChI is InChI=1S/C21H21FN6O.C4H8O2.C3H6O3/c1-27-7-9-28(10-8-27)12-5-6-14-16(11-12)25-20(24-14)18-19(23)17-13(22)3-2-4-15(17)26-21(18)29;1-3(5)4(2)6;1-2(4)3(5)6/h2-6,11H,7-10H2,1H3,(H,24,25)(H3,23,26,29);3,5H,1-2H3;2,4H,1H3,(H,5,6). The fourth-order valence-corrected chi connectivity index (χ4v) is 3.95. The first kappa shape index (κ1) is 31.2. The van der Waals surface area contributed by atoms with E-state index in [2.05, 4.69) is 31.8 Å². The smallest absolute Gasteiger partial charge is 0.332 e. The van der Waals surface area contributed by atoms with Crippen LogP contribution in [0.1, 0.15) is 20.8 Å². The molecule has 0 amide bonds. The van der Waals surface area contributed by atoms with Crippen LogP contribution in [0.5, 0.6) is 0 Å². The summed E-state index contributed by atoms with van der Waals surface area (Å²) in [5.74, 6) is -1.52. The van der Waals surface area contributed by atoms with Crippen molar-refractivity contribution in [2.75, 3.05) is 43.9 Å². The quantitative estimate of drug-likeness (QED) is 0.212. The molecule has 0 aliphatic carbocycles. The lowest BCUT2D eigenvalue weighted by Gasteiger charge is -2.34. The number of carbonyl (C=O) groups excluding carboxylic acids is 1. The number of aliphatic hydroxyl groups excluding tert-OH is 2. The molecule has 2 aromatic heterocycles.